The highest BCUT2D eigenvalue weighted by atomic mass is 79.9. The van der Waals surface area contributed by atoms with E-state index in [0.29, 0.717) is 22.2 Å². The number of allylic oxidation sites excluding steroid dienone is 1. The highest BCUT2D eigenvalue weighted by molar-refractivity contribution is 9.11. The fraction of sp³-hybridized carbons (Fsp3) is 0.474. The maximum atomic E-state index is 15.0. The van der Waals surface area contributed by atoms with Crippen LogP contribution in [0.15, 0.2) is 77.3 Å². The quantitative estimate of drug-likeness (QED) is 0.291. The number of nitrogens with one attached hydrogen (secondary N) is 1. The van der Waals surface area contributed by atoms with Crippen LogP contribution in [0.3, 0.4) is 0 Å². The summed E-state index contributed by atoms with van der Waals surface area (Å²) in [6.45, 7) is 5.46. The first kappa shape index (κ1) is 36.7. The molecule has 3 amide bonds. The number of carbonyl (C=O) groups excluding carboxylic acids is 4. The van der Waals surface area contributed by atoms with Crippen molar-refractivity contribution in [3.8, 4) is 0 Å². The Balaban J connectivity index is 1.45. The summed E-state index contributed by atoms with van der Waals surface area (Å²) in [7, 11) is 1.50. The average molecular weight is 766 g/mol. The first-order chi connectivity index (χ1) is 24.7. The number of aliphatic hydroxyl groups excluding tert-OH is 1. The molecule has 13 heteroatoms. The maximum absolute atomic E-state index is 15.0. The second-order valence-electron chi connectivity index (χ2n) is 13.1. The Morgan fingerprint density at radius 1 is 1.00 bits per heavy atom. The van der Waals surface area contributed by atoms with Gasteiger partial charge in [-0.2, -0.15) is 0 Å². The molecule has 272 valence electrons. The minimum Gasteiger partial charge on any atom is -0.455 e. The third-order valence-electron chi connectivity index (χ3n) is 10.3. The van der Waals surface area contributed by atoms with Gasteiger partial charge in [0.15, 0.2) is 0 Å². The summed E-state index contributed by atoms with van der Waals surface area (Å²) in [5.41, 5.74) is 0.740. The zero-order chi connectivity index (χ0) is 36.3. The topological polar surface area (TPSA) is 138 Å². The number of rotatable bonds is 9. The molecule has 4 heterocycles. The molecule has 2 aromatic carbocycles. The van der Waals surface area contributed by atoms with E-state index in [1.54, 1.807) is 23.1 Å². The number of anilines is 2. The lowest BCUT2D eigenvalue weighted by atomic mass is 9.74. The maximum Gasteiger partial charge on any atom is 0.313 e. The number of methoxy groups -OCH3 is 1. The number of hydrogen-bond donors (Lipinski definition) is 2. The number of β-amino-alcohol motifs (C(OH)–C–C–N with tert-alkyl or cyclic N) is 1. The highest BCUT2D eigenvalue weighted by Gasteiger charge is 2.75. The van der Waals surface area contributed by atoms with Crippen LogP contribution in [0.5, 0.6) is 0 Å². The first-order valence-electron chi connectivity index (χ1n) is 17.5. The lowest BCUT2D eigenvalue weighted by molar-refractivity contribution is -0.162. The number of aliphatic hydroxyl groups is 1. The van der Waals surface area contributed by atoms with Crippen LogP contribution in [0.2, 0.25) is 0 Å². The number of halogens is 1. The van der Waals surface area contributed by atoms with Gasteiger partial charge in [-0.05, 0) is 56.2 Å². The van der Waals surface area contributed by atoms with Crippen molar-refractivity contribution >= 4 is 51.0 Å². The summed E-state index contributed by atoms with van der Waals surface area (Å²) < 4.78 is 18.9. The Bertz CT molecular complexity index is 1670. The number of hydrogen-bond acceptors (Lipinski definition) is 9. The number of carbonyl (C=O) groups is 4. The summed E-state index contributed by atoms with van der Waals surface area (Å²) in [6.07, 6.45) is 4.11. The van der Waals surface area contributed by atoms with Crippen molar-refractivity contribution in [2.24, 2.45) is 11.8 Å². The van der Waals surface area contributed by atoms with Gasteiger partial charge in [0.25, 0.3) is 5.91 Å². The smallest absolute Gasteiger partial charge is 0.313 e. The van der Waals surface area contributed by atoms with Gasteiger partial charge in [0.2, 0.25) is 11.8 Å². The molecule has 4 aliphatic heterocycles. The van der Waals surface area contributed by atoms with Gasteiger partial charge < -0.3 is 39.3 Å². The van der Waals surface area contributed by atoms with Gasteiger partial charge in [-0.25, -0.2) is 0 Å². The van der Waals surface area contributed by atoms with E-state index in [1.807, 2.05) is 54.6 Å². The molecule has 0 aromatic heterocycles. The van der Waals surface area contributed by atoms with Gasteiger partial charge in [0.05, 0.1) is 25.2 Å². The van der Waals surface area contributed by atoms with Crippen molar-refractivity contribution < 1.29 is 38.5 Å². The van der Waals surface area contributed by atoms with Crippen molar-refractivity contribution in [3.63, 3.8) is 0 Å². The van der Waals surface area contributed by atoms with E-state index in [4.69, 9.17) is 14.2 Å². The third-order valence-corrected chi connectivity index (χ3v) is 10.9. The summed E-state index contributed by atoms with van der Waals surface area (Å²) in [5.74, 6) is -4.07. The molecule has 2 aromatic rings. The van der Waals surface area contributed by atoms with Gasteiger partial charge in [0.1, 0.15) is 29.8 Å². The number of nitrogens with zero attached hydrogens (tertiary/aromatic N) is 3. The fourth-order valence-corrected chi connectivity index (χ4v) is 8.66. The van der Waals surface area contributed by atoms with Crippen molar-refractivity contribution in [1.82, 2.24) is 10.2 Å². The molecule has 51 heavy (non-hydrogen) atoms. The molecule has 7 atom stereocenters. The van der Waals surface area contributed by atoms with Gasteiger partial charge in [-0.1, -0.05) is 58.4 Å². The summed E-state index contributed by atoms with van der Waals surface area (Å²) in [5, 5.41) is 13.1. The Kier molecular flexibility index (Phi) is 11.3. The van der Waals surface area contributed by atoms with E-state index in [-0.39, 0.29) is 32.0 Å². The lowest BCUT2D eigenvalue weighted by Gasteiger charge is -2.35. The number of ether oxygens (including phenoxy) is 3. The fourth-order valence-electron chi connectivity index (χ4n) is 7.92. The Morgan fingerprint density at radius 2 is 1.73 bits per heavy atom. The SMILES string of the molecule is CCN(CC)c1ccc(N2C/C=C\CCC(=O)N[C@@H](COC)[C@H](c3ccccc3)OC(=O)[C@H]3[C@@H]4O[C@@]5(C=C4Br)[C@@H]3C(=O)N(CCO)[C@@H]5C2=O)cc1. The predicted molar refractivity (Wildman–Crippen MR) is 194 cm³/mol. The zero-order valence-electron chi connectivity index (χ0n) is 29.1. The molecular formula is C38H45BrN4O8. The van der Waals surface area contributed by atoms with Crippen LogP contribution in [0, 0.1) is 11.8 Å². The normalized spacial score (nSPS) is 30.2. The Labute approximate surface area is 306 Å². The standard InChI is InChI=1S/C38H45BrN4O8/c1-4-41(5-2)25-15-17-26(18-16-25)42-19-11-7-10-14-29(45)40-28(23-49-3)32(24-12-8-6-9-13-24)50-37(48)30-31-35(46)43(20-21-44)34(36(42)47)38(31)22-27(39)33(30)51-38/h6-9,11-13,15-18,22,28,30-34,44H,4-5,10,14,19-21,23H2,1-3H3,(H,40,45)/b11-7-/t28-,30+,31-,32-,33+,34+,38-/m0/s1. The van der Waals surface area contributed by atoms with Gasteiger partial charge in [-0.15, -0.1) is 0 Å². The average Bonchev–Trinajstić information content (AvgIpc) is 3.72. The molecule has 12 nitrogen and oxygen atoms in total. The zero-order valence-corrected chi connectivity index (χ0v) is 30.7. The number of likely N-dealkylation sites (tertiary alicyclic amines) is 1. The van der Waals surface area contributed by atoms with Crippen LogP contribution in [-0.2, 0) is 33.4 Å². The summed E-state index contributed by atoms with van der Waals surface area (Å²) in [6, 6.07) is 14.8. The molecule has 1 spiro atoms. The number of fused-ring (bicyclic) bond motifs is 2. The van der Waals surface area contributed by atoms with Gasteiger partial charge >= 0.3 is 5.97 Å². The summed E-state index contributed by atoms with van der Waals surface area (Å²) in [4.78, 5) is 62.2. The van der Waals surface area contributed by atoms with Gasteiger partial charge in [0, 0.05) is 55.6 Å². The molecular weight excluding hydrogens is 720 g/mol. The minimum absolute atomic E-state index is 0.0534. The molecule has 0 unspecified atom stereocenters. The second kappa shape index (κ2) is 15.7. The number of benzene rings is 2. The van der Waals surface area contributed by atoms with E-state index >= 15 is 0 Å². The van der Waals surface area contributed by atoms with Crippen LogP contribution in [0.4, 0.5) is 11.4 Å². The number of esters is 1. The molecule has 2 N–H and O–H groups in total. The van der Waals surface area contributed by atoms with Crippen molar-refractivity contribution in [1.29, 1.82) is 0 Å². The lowest BCUT2D eigenvalue weighted by Crippen LogP contribution is -2.56. The molecule has 5 bridgehead atoms. The van der Waals surface area contributed by atoms with E-state index < -0.39 is 66.1 Å². The highest BCUT2D eigenvalue weighted by Crippen LogP contribution is 2.59. The number of amides is 3. The van der Waals surface area contributed by atoms with E-state index in [2.05, 4.69) is 40.0 Å². The minimum atomic E-state index is -1.50. The van der Waals surface area contributed by atoms with Crippen LogP contribution in [0.1, 0.15) is 38.4 Å². The number of cyclic esters (lactones) is 1. The summed E-state index contributed by atoms with van der Waals surface area (Å²) >= 11 is 3.59. The van der Waals surface area contributed by atoms with Crippen LogP contribution < -0.4 is 15.1 Å². The van der Waals surface area contributed by atoms with Crippen LogP contribution in [-0.4, -0.2) is 104 Å². The van der Waals surface area contributed by atoms with Gasteiger partial charge in [-0.3, -0.25) is 19.2 Å². The first-order valence-corrected chi connectivity index (χ1v) is 18.3. The molecule has 2 saturated heterocycles. The monoisotopic (exact) mass is 764 g/mol. The second-order valence-corrected chi connectivity index (χ2v) is 14.0. The van der Waals surface area contributed by atoms with E-state index in [0.717, 1.165) is 18.8 Å². The van der Waals surface area contributed by atoms with Crippen LogP contribution in [0.25, 0.3) is 0 Å². The van der Waals surface area contributed by atoms with Crippen molar-refractivity contribution in [2.45, 2.75) is 56.6 Å². The molecule has 4 aliphatic rings. The molecule has 0 radical (unpaired) electrons. The Morgan fingerprint density at radius 3 is 2.39 bits per heavy atom. The molecule has 6 rings (SSSR count). The molecule has 0 aliphatic carbocycles. The Hall–Kier alpha value is -4.04. The predicted octanol–water partition coefficient (Wildman–Crippen LogP) is 3.50. The molecule has 0 saturated carbocycles. The van der Waals surface area contributed by atoms with Crippen molar-refractivity contribution in [3.05, 3.63) is 82.9 Å². The third kappa shape index (κ3) is 6.84. The van der Waals surface area contributed by atoms with E-state index in [9.17, 15) is 24.3 Å². The van der Waals surface area contributed by atoms with Crippen molar-refractivity contribution in [2.75, 3.05) is 56.3 Å². The largest absolute Gasteiger partial charge is 0.455 e. The molecule has 2 fully saturated rings. The van der Waals surface area contributed by atoms with E-state index in [1.165, 1.54) is 12.0 Å². The van der Waals surface area contributed by atoms with Crippen LogP contribution >= 0.6 is 15.9 Å².